The van der Waals surface area contributed by atoms with Crippen LogP contribution in [-0.2, 0) is 0 Å². The third-order valence-corrected chi connectivity index (χ3v) is 4.91. The van der Waals surface area contributed by atoms with Gasteiger partial charge in [-0.25, -0.2) is 4.79 Å². The molecule has 3 amide bonds. The molecule has 6 heteroatoms. The molecule has 0 atom stereocenters. The van der Waals surface area contributed by atoms with Gasteiger partial charge in [-0.2, -0.15) is 0 Å². The number of para-hydroxylation sites is 3. The summed E-state index contributed by atoms with van der Waals surface area (Å²) in [6.45, 7) is 1.52. The van der Waals surface area contributed by atoms with E-state index in [4.69, 9.17) is 4.74 Å². The molecular weight excluding hydrogens is 378 g/mol. The minimum Gasteiger partial charge on any atom is -0.457 e. The first kappa shape index (κ1) is 19.5. The number of urea groups is 1. The van der Waals surface area contributed by atoms with Crippen LogP contribution in [0.25, 0.3) is 0 Å². The minimum absolute atomic E-state index is 0.142. The number of likely N-dealkylation sites (tertiary alicyclic amines) is 1. The normalized spacial score (nSPS) is 13.0. The van der Waals surface area contributed by atoms with E-state index in [1.54, 1.807) is 41.3 Å². The van der Waals surface area contributed by atoms with E-state index < -0.39 is 0 Å². The number of amides is 3. The lowest BCUT2D eigenvalue weighted by molar-refractivity contribution is 0.102. The lowest BCUT2D eigenvalue weighted by atomic mass is 10.2. The highest BCUT2D eigenvalue weighted by Crippen LogP contribution is 2.24. The highest BCUT2D eigenvalue weighted by molar-refractivity contribution is 6.07. The van der Waals surface area contributed by atoms with Gasteiger partial charge in [0.15, 0.2) is 0 Å². The number of benzene rings is 3. The molecule has 0 spiro atoms. The van der Waals surface area contributed by atoms with Crippen LogP contribution in [0.4, 0.5) is 16.2 Å². The molecule has 152 valence electrons. The molecular formula is C24H23N3O3. The average molecular weight is 401 g/mol. The average Bonchev–Trinajstić information content (AvgIpc) is 3.31. The van der Waals surface area contributed by atoms with Crippen LogP contribution >= 0.6 is 0 Å². The molecule has 1 heterocycles. The van der Waals surface area contributed by atoms with Gasteiger partial charge in [0.25, 0.3) is 5.91 Å². The third-order valence-electron chi connectivity index (χ3n) is 4.91. The molecule has 3 aromatic carbocycles. The largest absolute Gasteiger partial charge is 0.457 e. The maximum atomic E-state index is 12.7. The Morgan fingerprint density at radius 1 is 0.700 bits per heavy atom. The van der Waals surface area contributed by atoms with Crippen molar-refractivity contribution in [3.8, 4) is 11.5 Å². The van der Waals surface area contributed by atoms with Crippen LogP contribution in [0, 0.1) is 0 Å². The van der Waals surface area contributed by atoms with E-state index in [0.717, 1.165) is 31.7 Å². The molecule has 1 saturated heterocycles. The Balaban J connectivity index is 1.41. The number of carbonyl (C=O) groups is 2. The molecule has 0 radical (unpaired) electrons. The lowest BCUT2D eigenvalue weighted by Crippen LogP contribution is -2.32. The molecule has 0 unspecified atom stereocenters. The Kier molecular flexibility index (Phi) is 5.94. The van der Waals surface area contributed by atoms with Crippen molar-refractivity contribution in [3.63, 3.8) is 0 Å². The summed E-state index contributed by atoms with van der Waals surface area (Å²) in [6.07, 6.45) is 2.05. The standard InChI is InChI=1S/C24H23N3O3/c28-23(18-12-14-20(15-13-18)30-19-8-2-1-3-9-19)25-21-10-4-5-11-22(21)26-24(29)27-16-6-7-17-27/h1-5,8-15H,6-7,16-17H2,(H,25,28)(H,26,29). The van der Waals surface area contributed by atoms with Crippen LogP contribution in [0.15, 0.2) is 78.9 Å². The zero-order valence-electron chi connectivity index (χ0n) is 16.5. The van der Waals surface area contributed by atoms with E-state index in [2.05, 4.69) is 10.6 Å². The summed E-state index contributed by atoms with van der Waals surface area (Å²) >= 11 is 0. The van der Waals surface area contributed by atoms with Crippen molar-refractivity contribution in [1.29, 1.82) is 0 Å². The van der Waals surface area contributed by atoms with Gasteiger partial charge in [-0.05, 0) is 61.4 Å². The quantitative estimate of drug-likeness (QED) is 0.605. The molecule has 0 saturated carbocycles. The molecule has 2 N–H and O–H groups in total. The van der Waals surface area contributed by atoms with Gasteiger partial charge in [0.2, 0.25) is 0 Å². The van der Waals surface area contributed by atoms with Crippen LogP contribution in [0.1, 0.15) is 23.2 Å². The number of ether oxygens (including phenoxy) is 1. The monoisotopic (exact) mass is 401 g/mol. The predicted molar refractivity (Wildman–Crippen MR) is 117 cm³/mol. The van der Waals surface area contributed by atoms with Crippen molar-refractivity contribution < 1.29 is 14.3 Å². The van der Waals surface area contributed by atoms with E-state index in [9.17, 15) is 9.59 Å². The summed E-state index contributed by atoms with van der Waals surface area (Å²) in [5.41, 5.74) is 1.63. The van der Waals surface area contributed by atoms with Crippen LogP contribution in [-0.4, -0.2) is 29.9 Å². The lowest BCUT2D eigenvalue weighted by Gasteiger charge is -2.18. The fraction of sp³-hybridized carbons (Fsp3) is 0.167. The number of nitrogens with zero attached hydrogens (tertiary/aromatic N) is 1. The Bertz CT molecular complexity index is 1010. The maximum Gasteiger partial charge on any atom is 0.321 e. The Morgan fingerprint density at radius 2 is 1.27 bits per heavy atom. The molecule has 1 aliphatic rings. The first-order valence-corrected chi connectivity index (χ1v) is 9.98. The molecule has 30 heavy (non-hydrogen) atoms. The number of hydrogen-bond donors (Lipinski definition) is 2. The number of anilines is 2. The second kappa shape index (κ2) is 9.13. The van der Waals surface area contributed by atoms with Crippen molar-refractivity contribution in [1.82, 2.24) is 4.90 Å². The van der Waals surface area contributed by atoms with Gasteiger partial charge in [-0.1, -0.05) is 30.3 Å². The fourth-order valence-electron chi connectivity index (χ4n) is 3.31. The highest BCUT2D eigenvalue weighted by Gasteiger charge is 2.19. The molecule has 0 aromatic heterocycles. The third kappa shape index (κ3) is 4.78. The summed E-state index contributed by atoms with van der Waals surface area (Å²) < 4.78 is 5.76. The van der Waals surface area contributed by atoms with Gasteiger partial charge < -0.3 is 20.3 Å². The van der Waals surface area contributed by atoms with Gasteiger partial charge in [-0.15, -0.1) is 0 Å². The summed E-state index contributed by atoms with van der Waals surface area (Å²) in [5, 5.41) is 5.78. The zero-order chi connectivity index (χ0) is 20.8. The van der Waals surface area contributed by atoms with Crippen molar-refractivity contribution >= 4 is 23.3 Å². The Hall–Kier alpha value is -3.80. The summed E-state index contributed by atoms with van der Waals surface area (Å²) in [4.78, 5) is 26.9. The van der Waals surface area contributed by atoms with Gasteiger partial charge in [0, 0.05) is 18.7 Å². The Labute approximate surface area is 175 Å². The van der Waals surface area contributed by atoms with Crippen LogP contribution < -0.4 is 15.4 Å². The SMILES string of the molecule is O=C(Nc1ccccc1NC(=O)N1CCCC1)c1ccc(Oc2ccccc2)cc1. The first-order valence-electron chi connectivity index (χ1n) is 9.98. The predicted octanol–water partition coefficient (Wildman–Crippen LogP) is 5.36. The van der Waals surface area contributed by atoms with Crippen molar-refractivity contribution in [2.45, 2.75) is 12.8 Å². The van der Waals surface area contributed by atoms with Crippen molar-refractivity contribution in [2.24, 2.45) is 0 Å². The molecule has 1 fully saturated rings. The van der Waals surface area contributed by atoms with Crippen molar-refractivity contribution in [2.75, 3.05) is 23.7 Å². The highest BCUT2D eigenvalue weighted by atomic mass is 16.5. The van der Waals surface area contributed by atoms with Gasteiger partial charge >= 0.3 is 6.03 Å². The molecule has 6 nitrogen and oxygen atoms in total. The first-order chi connectivity index (χ1) is 14.7. The fourth-order valence-corrected chi connectivity index (χ4v) is 3.31. The van der Waals surface area contributed by atoms with Crippen molar-refractivity contribution in [3.05, 3.63) is 84.4 Å². The topological polar surface area (TPSA) is 70.7 Å². The van der Waals surface area contributed by atoms with Crippen LogP contribution in [0.2, 0.25) is 0 Å². The Morgan fingerprint density at radius 3 is 1.93 bits per heavy atom. The second-order valence-electron chi connectivity index (χ2n) is 7.06. The molecule has 0 aliphatic carbocycles. The van der Waals surface area contributed by atoms with E-state index in [0.29, 0.717) is 22.7 Å². The number of nitrogens with one attached hydrogen (secondary N) is 2. The summed E-state index contributed by atoms with van der Waals surface area (Å²) in [6, 6.07) is 23.4. The second-order valence-corrected chi connectivity index (χ2v) is 7.06. The van der Waals surface area contributed by atoms with E-state index in [1.165, 1.54) is 0 Å². The molecule has 3 aromatic rings. The molecule has 0 bridgehead atoms. The minimum atomic E-state index is -0.260. The van der Waals surface area contributed by atoms with Gasteiger partial charge in [0.1, 0.15) is 11.5 Å². The van der Waals surface area contributed by atoms with Crippen LogP contribution in [0.3, 0.4) is 0 Å². The zero-order valence-corrected chi connectivity index (χ0v) is 16.5. The summed E-state index contributed by atoms with van der Waals surface area (Å²) in [5.74, 6) is 1.12. The van der Waals surface area contributed by atoms with E-state index in [1.807, 2.05) is 42.5 Å². The molecule has 4 rings (SSSR count). The van der Waals surface area contributed by atoms with Gasteiger partial charge in [0.05, 0.1) is 11.4 Å². The van der Waals surface area contributed by atoms with Gasteiger partial charge in [-0.3, -0.25) is 4.79 Å². The van der Waals surface area contributed by atoms with E-state index >= 15 is 0 Å². The number of hydrogen-bond acceptors (Lipinski definition) is 3. The summed E-state index contributed by atoms with van der Waals surface area (Å²) in [7, 11) is 0. The van der Waals surface area contributed by atoms with Crippen LogP contribution in [0.5, 0.6) is 11.5 Å². The molecule has 1 aliphatic heterocycles. The smallest absolute Gasteiger partial charge is 0.321 e. The maximum absolute atomic E-state index is 12.7. The number of carbonyl (C=O) groups excluding carboxylic acids is 2. The van der Waals surface area contributed by atoms with E-state index in [-0.39, 0.29) is 11.9 Å². The number of rotatable bonds is 5.